The molecule has 2 heterocycles. The second kappa shape index (κ2) is 6.02. The molecule has 1 aliphatic carbocycles. The second-order valence-corrected chi connectivity index (χ2v) is 7.88. The van der Waals surface area contributed by atoms with Gasteiger partial charge < -0.3 is 10.1 Å². The molecular formula is C19H18F3N3O3. The Labute approximate surface area is 157 Å². The van der Waals surface area contributed by atoms with Crippen LogP contribution in [0.25, 0.3) is 0 Å². The van der Waals surface area contributed by atoms with E-state index in [0.717, 1.165) is 5.70 Å². The van der Waals surface area contributed by atoms with Crippen LogP contribution < -0.4 is 15.6 Å². The van der Waals surface area contributed by atoms with Crippen molar-refractivity contribution in [2.45, 2.75) is 39.0 Å². The van der Waals surface area contributed by atoms with Crippen LogP contribution in [0.1, 0.15) is 43.7 Å². The number of carbonyl (C=O) groups excluding carboxylic acids is 1. The van der Waals surface area contributed by atoms with Crippen molar-refractivity contribution in [1.82, 2.24) is 10.2 Å². The van der Waals surface area contributed by atoms with Gasteiger partial charge >= 0.3 is 6.36 Å². The highest BCUT2D eigenvalue weighted by atomic mass is 19.4. The van der Waals surface area contributed by atoms with Gasteiger partial charge in [0, 0.05) is 23.6 Å². The van der Waals surface area contributed by atoms with E-state index in [1.165, 1.54) is 24.3 Å². The molecule has 9 heteroatoms. The molecule has 0 bridgehead atoms. The van der Waals surface area contributed by atoms with E-state index in [1.54, 1.807) is 0 Å². The summed E-state index contributed by atoms with van der Waals surface area (Å²) in [5.41, 5.74) is 1.49. The van der Waals surface area contributed by atoms with Gasteiger partial charge in [0.15, 0.2) is 5.78 Å². The number of fused-ring (bicyclic) bond motifs is 1. The number of ether oxygens (including phenoxy) is 1. The van der Waals surface area contributed by atoms with Crippen molar-refractivity contribution in [3.63, 3.8) is 0 Å². The van der Waals surface area contributed by atoms with Gasteiger partial charge in [-0.3, -0.25) is 19.8 Å². The van der Waals surface area contributed by atoms with Crippen LogP contribution in [0.5, 0.6) is 5.75 Å². The number of halogens is 3. The monoisotopic (exact) mass is 393 g/mol. The summed E-state index contributed by atoms with van der Waals surface area (Å²) in [6, 6.07) is 5.27. The Balaban J connectivity index is 1.81. The fraction of sp³-hybridized carbons (Fsp3) is 0.368. The van der Waals surface area contributed by atoms with Gasteiger partial charge in [-0.05, 0) is 29.5 Å². The molecule has 3 N–H and O–H groups in total. The number of carbonyl (C=O) groups is 1. The van der Waals surface area contributed by atoms with Gasteiger partial charge in [0.05, 0.1) is 5.56 Å². The molecule has 1 atom stereocenters. The first-order valence-corrected chi connectivity index (χ1v) is 8.74. The number of anilines is 1. The van der Waals surface area contributed by atoms with E-state index in [1.807, 2.05) is 13.8 Å². The van der Waals surface area contributed by atoms with Crippen LogP contribution in [-0.2, 0) is 4.79 Å². The van der Waals surface area contributed by atoms with Crippen molar-refractivity contribution >= 4 is 11.6 Å². The summed E-state index contributed by atoms with van der Waals surface area (Å²) in [5, 5.41) is 8.43. The molecule has 4 rings (SSSR count). The predicted octanol–water partition coefficient (Wildman–Crippen LogP) is 3.80. The molecule has 2 aromatic rings. The first-order chi connectivity index (χ1) is 13.0. The summed E-state index contributed by atoms with van der Waals surface area (Å²) in [5.74, 6) is -0.635. The fourth-order valence-corrected chi connectivity index (χ4v) is 4.01. The first kappa shape index (κ1) is 18.4. The molecule has 0 unspecified atom stereocenters. The Morgan fingerprint density at radius 1 is 1.07 bits per heavy atom. The molecule has 1 aliphatic heterocycles. The fourth-order valence-electron chi connectivity index (χ4n) is 4.01. The quantitative estimate of drug-likeness (QED) is 0.724. The van der Waals surface area contributed by atoms with E-state index < -0.39 is 12.3 Å². The second-order valence-electron chi connectivity index (χ2n) is 7.88. The molecule has 148 valence electrons. The van der Waals surface area contributed by atoms with E-state index in [0.29, 0.717) is 35.4 Å². The lowest BCUT2D eigenvalue weighted by atomic mass is 9.69. The summed E-state index contributed by atoms with van der Waals surface area (Å²) < 4.78 is 41.2. The first-order valence-electron chi connectivity index (χ1n) is 8.74. The van der Waals surface area contributed by atoms with Crippen LogP contribution in [0.3, 0.4) is 0 Å². The molecule has 6 nitrogen and oxygen atoms in total. The van der Waals surface area contributed by atoms with Gasteiger partial charge in [0.1, 0.15) is 11.6 Å². The molecular weight excluding hydrogens is 375 g/mol. The zero-order chi connectivity index (χ0) is 20.3. The Bertz CT molecular complexity index is 1030. The Morgan fingerprint density at radius 3 is 2.39 bits per heavy atom. The number of aromatic amines is 2. The molecule has 0 saturated carbocycles. The van der Waals surface area contributed by atoms with E-state index in [2.05, 4.69) is 20.3 Å². The number of hydrogen-bond acceptors (Lipinski definition) is 4. The standard InChI is InChI=1S/C19H18F3N3O3/c1-18(2)7-11-14(12(26)8-18)13(15-16(23-11)24-25-17(15)27)9-3-5-10(6-4-9)28-19(20,21)22/h3-6,13H,7-8H2,1-2H3,(H3,23,24,25,27)/t13-/m0/s1. The highest BCUT2D eigenvalue weighted by Crippen LogP contribution is 2.47. The number of alkyl halides is 3. The number of hydrogen-bond donors (Lipinski definition) is 3. The van der Waals surface area contributed by atoms with E-state index >= 15 is 0 Å². The van der Waals surface area contributed by atoms with Crippen LogP contribution >= 0.6 is 0 Å². The number of ketones is 1. The van der Waals surface area contributed by atoms with Gasteiger partial charge in [0.2, 0.25) is 0 Å². The molecule has 28 heavy (non-hydrogen) atoms. The summed E-state index contributed by atoms with van der Waals surface area (Å²) in [6.45, 7) is 3.98. The Kier molecular flexibility index (Phi) is 3.95. The van der Waals surface area contributed by atoms with Gasteiger partial charge in [-0.15, -0.1) is 13.2 Å². The molecule has 1 aromatic heterocycles. The van der Waals surface area contributed by atoms with Crippen molar-refractivity contribution < 1.29 is 22.7 Å². The number of allylic oxidation sites excluding steroid dienone is 2. The van der Waals surface area contributed by atoms with Crippen LogP contribution in [0.15, 0.2) is 40.3 Å². The van der Waals surface area contributed by atoms with Crippen LogP contribution in [0.4, 0.5) is 19.0 Å². The minimum absolute atomic E-state index is 0.0781. The summed E-state index contributed by atoms with van der Waals surface area (Å²) in [7, 11) is 0. The number of rotatable bonds is 2. The average Bonchev–Trinajstić information content (AvgIpc) is 2.92. The largest absolute Gasteiger partial charge is 0.573 e. The van der Waals surface area contributed by atoms with Crippen molar-refractivity contribution in [3.05, 3.63) is 57.0 Å². The zero-order valence-electron chi connectivity index (χ0n) is 15.2. The topological polar surface area (TPSA) is 87.0 Å². The number of aromatic nitrogens is 2. The zero-order valence-corrected chi connectivity index (χ0v) is 15.2. The highest BCUT2D eigenvalue weighted by molar-refractivity contribution is 6.01. The maximum atomic E-state index is 12.9. The van der Waals surface area contributed by atoms with E-state index in [4.69, 9.17) is 0 Å². The Morgan fingerprint density at radius 2 is 1.75 bits per heavy atom. The molecule has 0 fully saturated rings. The minimum atomic E-state index is -4.79. The Hall–Kier alpha value is -2.97. The van der Waals surface area contributed by atoms with Gasteiger partial charge in [-0.1, -0.05) is 26.0 Å². The average molecular weight is 393 g/mol. The third kappa shape index (κ3) is 3.21. The van der Waals surface area contributed by atoms with E-state index in [-0.39, 0.29) is 22.5 Å². The van der Waals surface area contributed by atoms with Crippen molar-refractivity contribution in [2.24, 2.45) is 5.41 Å². The number of Topliss-reactive ketones (excluding diaryl/α,β-unsaturated/α-hetero) is 1. The predicted molar refractivity (Wildman–Crippen MR) is 95.1 cm³/mol. The lowest BCUT2D eigenvalue weighted by molar-refractivity contribution is -0.274. The molecule has 0 spiro atoms. The maximum absolute atomic E-state index is 12.9. The third-order valence-electron chi connectivity index (χ3n) is 5.04. The van der Waals surface area contributed by atoms with Crippen LogP contribution in [0.2, 0.25) is 0 Å². The lowest BCUT2D eigenvalue weighted by Gasteiger charge is -2.37. The van der Waals surface area contributed by atoms with Crippen molar-refractivity contribution in [1.29, 1.82) is 0 Å². The van der Waals surface area contributed by atoms with Gasteiger partial charge in [-0.2, -0.15) is 0 Å². The molecule has 0 amide bonds. The lowest BCUT2D eigenvalue weighted by Crippen LogP contribution is -2.34. The van der Waals surface area contributed by atoms with Crippen LogP contribution in [0, 0.1) is 5.41 Å². The molecule has 0 radical (unpaired) electrons. The minimum Gasteiger partial charge on any atom is -0.406 e. The molecule has 2 aliphatic rings. The van der Waals surface area contributed by atoms with Crippen molar-refractivity contribution in [3.8, 4) is 5.75 Å². The third-order valence-corrected chi connectivity index (χ3v) is 5.04. The molecule has 0 saturated heterocycles. The number of nitrogens with one attached hydrogen (secondary N) is 3. The number of benzene rings is 1. The van der Waals surface area contributed by atoms with E-state index in [9.17, 15) is 22.8 Å². The maximum Gasteiger partial charge on any atom is 0.573 e. The number of H-pyrrole nitrogens is 2. The smallest absolute Gasteiger partial charge is 0.406 e. The summed E-state index contributed by atoms with van der Waals surface area (Å²) in [6.07, 6.45) is -3.84. The molecule has 1 aromatic carbocycles. The highest BCUT2D eigenvalue weighted by Gasteiger charge is 2.42. The normalized spacial score (nSPS) is 21.0. The SMILES string of the molecule is CC1(C)CC(=O)C2=C(C1)Nc1[nH][nH]c(=O)c1[C@H]2c1ccc(OC(F)(F)F)cc1. The van der Waals surface area contributed by atoms with Crippen LogP contribution in [-0.4, -0.2) is 22.3 Å². The summed E-state index contributed by atoms with van der Waals surface area (Å²) >= 11 is 0. The van der Waals surface area contributed by atoms with Gasteiger partial charge in [-0.25, -0.2) is 0 Å². The van der Waals surface area contributed by atoms with Crippen molar-refractivity contribution in [2.75, 3.05) is 5.32 Å². The van der Waals surface area contributed by atoms with Gasteiger partial charge in [0.25, 0.3) is 5.56 Å². The summed E-state index contributed by atoms with van der Waals surface area (Å²) in [4.78, 5) is 25.3.